The molecule has 0 amide bonds. The number of fused-ring (bicyclic) bond motifs is 1. The number of methoxy groups -OCH3 is 1. The number of benzene rings is 1. The highest BCUT2D eigenvalue weighted by atomic mass is 35.5. The van der Waals surface area contributed by atoms with Crippen LogP contribution in [0, 0.1) is 0 Å². The van der Waals surface area contributed by atoms with E-state index in [4.69, 9.17) is 23.2 Å². The molecule has 0 aliphatic heterocycles. The van der Waals surface area contributed by atoms with Crippen LogP contribution in [0.15, 0.2) is 24.3 Å². The summed E-state index contributed by atoms with van der Waals surface area (Å²) in [5.41, 5.74) is 0.183. The number of carbonyl (C=O) groups excluding carboxylic acids is 1. The summed E-state index contributed by atoms with van der Waals surface area (Å²) >= 11 is 11.8. The van der Waals surface area contributed by atoms with Crippen molar-refractivity contribution in [2.24, 2.45) is 0 Å². The zero-order valence-electron chi connectivity index (χ0n) is 8.33. The van der Waals surface area contributed by atoms with Crippen LogP contribution >= 0.6 is 23.2 Å². The molecule has 0 unspecified atom stereocenters. The second kappa shape index (κ2) is 4.28. The Hall–Kier alpha value is -1.32. The molecular weight excluding hydrogens is 249 g/mol. The average Bonchev–Trinajstić information content (AvgIpc) is 2.28. The van der Waals surface area contributed by atoms with E-state index in [0.717, 1.165) is 5.39 Å². The molecule has 0 saturated carbocycles. The van der Waals surface area contributed by atoms with E-state index < -0.39 is 5.97 Å². The quantitative estimate of drug-likeness (QED) is 0.580. The second-order valence-electron chi connectivity index (χ2n) is 3.16. The van der Waals surface area contributed by atoms with Crippen LogP contribution in [-0.2, 0) is 4.74 Å². The smallest absolute Gasteiger partial charge is 0.356 e. The third-order valence-electron chi connectivity index (χ3n) is 2.14. The number of nitrogens with zero attached hydrogens (tertiary/aromatic N) is 1. The highest BCUT2D eigenvalue weighted by Crippen LogP contribution is 2.25. The van der Waals surface area contributed by atoms with Gasteiger partial charge in [-0.05, 0) is 23.6 Å². The summed E-state index contributed by atoms with van der Waals surface area (Å²) < 4.78 is 4.58. The second-order valence-corrected chi connectivity index (χ2v) is 3.95. The van der Waals surface area contributed by atoms with Gasteiger partial charge in [0.15, 0.2) is 5.69 Å². The molecule has 5 heteroatoms. The number of pyridine rings is 1. The predicted molar refractivity (Wildman–Crippen MR) is 63.1 cm³/mol. The van der Waals surface area contributed by atoms with E-state index in [1.165, 1.54) is 7.11 Å². The normalized spacial score (nSPS) is 10.4. The maximum atomic E-state index is 11.3. The number of rotatable bonds is 1. The lowest BCUT2D eigenvalue weighted by atomic mass is 10.1. The van der Waals surface area contributed by atoms with Crippen LogP contribution in [0.5, 0.6) is 0 Å². The van der Waals surface area contributed by atoms with Gasteiger partial charge >= 0.3 is 5.97 Å². The summed E-state index contributed by atoms with van der Waals surface area (Å²) in [4.78, 5) is 15.3. The zero-order valence-corrected chi connectivity index (χ0v) is 9.84. The van der Waals surface area contributed by atoms with Crippen molar-refractivity contribution in [1.82, 2.24) is 4.98 Å². The van der Waals surface area contributed by atoms with Crippen LogP contribution in [0.1, 0.15) is 10.5 Å². The molecule has 1 heterocycles. The molecule has 2 rings (SSSR count). The van der Waals surface area contributed by atoms with Crippen LogP contribution < -0.4 is 0 Å². The van der Waals surface area contributed by atoms with Crippen molar-refractivity contribution in [1.29, 1.82) is 0 Å². The molecule has 82 valence electrons. The van der Waals surface area contributed by atoms with Crippen molar-refractivity contribution in [2.45, 2.75) is 0 Å². The molecule has 0 bridgehead atoms. The standard InChI is InChI=1S/C11H7Cl2NO2/c1-16-11(15)9-4-6-2-3-7(12)5-8(6)10(13)14-9/h2-5H,1H3. The molecule has 1 aromatic heterocycles. The topological polar surface area (TPSA) is 39.2 Å². The molecule has 0 aliphatic rings. The largest absolute Gasteiger partial charge is 0.464 e. The van der Waals surface area contributed by atoms with E-state index in [2.05, 4.69) is 9.72 Å². The van der Waals surface area contributed by atoms with Crippen molar-refractivity contribution in [3.05, 3.63) is 40.1 Å². The highest BCUT2D eigenvalue weighted by Gasteiger charge is 2.11. The van der Waals surface area contributed by atoms with Gasteiger partial charge in [0.2, 0.25) is 0 Å². The molecule has 0 N–H and O–H groups in total. The summed E-state index contributed by atoms with van der Waals surface area (Å²) in [7, 11) is 1.30. The molecule has 0 radical (unpaired) electrons. The monoisotopic (exact) mass is 255 g/mol. The highest BCUT2D eigenvalue weighted by molar-refractivity contribution is 6.36. The van der Waals surface area contributed by atoms with Crippen LogP contribution in [0.3, 0.4) is 0 Å². The van der Waals surface area contributed by atoms with Gasteiger partial charge in [-0.15, -0.1) is 0 Å². The first-order valence-corrected chi connectivity index (χ1v) is 5.21. The molecule has 0 aliphatic carbocycles. The zero-order chi connectivity index (χ0) is 11.7. The Morgan fingerprint density at radius 3 is 2.75 bits per heavy atom. The van der Waals surface area contributed by atoms with Crippen molar-refractivity contribution < 1.29 is 9.53 Å². The van der Waals surface area contributed by atoms with E-state index in [1.807, 2.05) is 0 Å². The minimum Gasteiger partial charge on any atom is -0.464 e. The molecule has 0 atom stereocenters. The van der Waals surface area contributed by atoms with Crippen LogP contribution in [-0.4, -0.2) is 18.1 Å². The summed E-state index contributed by atoms with van der Waals surface area (Å²) in [6, 6.07) is 6.82. The maximum absolute atomic E-state index is 11.3. The number of hydrogen-bond donors (Lipinski definition) is 0. The minimum absolute atomic E-state index is 0.183. The van der Waals surface area contributed by atoms with Crippen molar-refractivity contribution in [2.75, 3.05) is 7.11 Å². The minimum atomic E-state index is -0.515. The van der Waals surface area contributed by atoms with Gasteiger partial charge in [-0.2, -0.15) is 0 Å². The molecule has 0 saturated heterocycles. The SMILES string of the molecule is COC(=O)c1cc2ccc(Cl)cc2c(Cl)n1. The van der Waals surface area contributed by atoms with Crippen LogP contribution in [0.4, 0.5) is 0 Å². The fourth-order valence-electron chi connectivity index (χ4n) is 1.39. The Labute approximate surface area is 102 Å². The van der Waals surface area contributed by atoms with E-state index in [1.54, 1.807) is 24.3 Å². The molecule has 16 heavy (non-hydrogen) atoms. The molecule has 0 spiro atoms. The van der Waals surface area contributed by atoms with Gasteiger partial charge in [0, 0.05) is 10.4 Å². The number of ether oxygens (including phenoxy) is 1. The Morgan fingerprint density at radius 1 is 1.31 bits per heavy atom. The maximum Gasteiger partial charge on any atom is 0.356 e. The Balaban J connectivity index is 2.68. The van der Waals surface area contributed by atoms with Crippen molar-refractivity contribution >= 4 is 39.9 Å². The molecule has 3 nitrogen and oxygen atoms in total. The van der Waals surface area contributed by atoms with E-state index >= 15 is 0 Å². The Bertz CT molecular complexity index is 569. The lowest BCUT2D eigenvalue weighted by Gasteiger charge is -2.04. The van der Waals surface area contributed by atoms with Gasteiger partial charge < -0.3 is 4.74 Å². The van der Waals surface area contributed by atoms with Crippen LogP contribution in [0.2, 0.25) is 10.2 Å². The lowest BCUT2D eigenvalue weighted by Crippen LogP contribution is -2.04. The number of carbonyl (C=O) groups is 1. The lowest BCUT2D eigenvalue weighted by molar-refractivity contribution is 0.0594. The van der Waals surface area contributed by atoms with Gasteiger partial charge in [-0.3, -0.25) is 0 Å². The molecule has 1 aromatic carbocycles. The van der Waals surface area contributed by atoms with Gasteiger partial charge in [-0.1, -0.05) is 29.3 Å². The van der Waals surface area contributed by atoms with Crippen LogP contribution in [0.25, 0.3) is 10.8 Å². The fraction of sp³-hybridized carbons (Fsp3) is 0.0909. The van der Waals surface area contributed by atoms with Crippen molar-refractivity contribution in [3.8, 4) is 0 Å². The average molecular weight is 256 g/mol. The Kier molecular flexibility index (Phi) is 2.99. The van der Waals surface area contributed by atoms with E-state index in [-0.39, 0.29) is 10.8 Å². The third-order valence-corrected chi connectivity index (χ3v) is 2.67. The predicted octanol–water partition coefficient (Wildman–Crippen LogP) is 3.33. The summed E-state index contributed by atoms with van der Waals surface area (Å²) in [5, 5.41) is 2.31. The summed E-state index contributed by atoms with van der Waals surface area (Å²) in [5.74, 6) is -0.515. The first kappa shape index (κ1) is 11.2. The third kappa shape index (κ3) is 1.96. The van der Waals surface area contributed by atoms with Gasteiger partial charge in [0.05, 0.1) is 7.11 Å². The number of halogens is 2. The van der Waals surface area contributed by atoms with Gasteiger partial charge in [-0.25, -0.2) is 9.78 Å². The van der Waals surface area contributed by atoms with Gasteiger partial charge in [0.1, 0.15) is 5.15 Å². The van der Waals surface area contributed by atoms with Crippen molar-refractivity contribution in [3.63, 3.8) is 0 Å². The molecule has 2 aromatic rings. The van der Waals surface area contributed by atoms with E-state index in [9.17, 15) is 4.79 Å². The number of esters is 1. The molecule has 0 fully saturated rings. The van der Waals surface area contributed by atoms with Gasteiger partial charge in [0.25, 0.3) is 0 Å². The van der Waals surface area contributed by atoms with E-state index in [0.29, 0.717) is 10.4 Å². The number of hydrogen-bond acceptors (Lipinski definition) is 3. The first-order chi connectivity index (χ1) is 7.61. The fourth-order valence-corrected chi connectivity index (χ4v) is 1.81. The Morgan fingerprint density at radius 2 is 2.06 bits per heavy atom. The summed E-state index contributed by atoms with van der Waals surface area (Å²) in [6.45, 7) is 0. The molecular formula is C11H7Cl2NO2. The first-order valence-electron chi connectivity index (χ1n) is 4.46. The summed E-state index contributed by atoms with van der Waals surface area (Å²) in [6.07, 6.45) is 0. The number of aromatic nitrogens is 1.